The summed E-state index contributed by atoms with van der Waals surface area (Å²) < 4.78 is 25.4. The number of nitrogens with one attached hydrogen (secondary N) is 1. The van der Waals surface area contributed by atoms with E-state index in [1.54, 1.807) is 0 Å². The fourth-order valence-electron chi connectivity index (χ4n) is 3.40. The van der Waals surface area contributed by atoms with Crippen LogP contribution >= 0.6 is 23.2 Å². The molecule has 3 rings (SSSR count). The number of piperidine rings is 1. The van der Waals surface area contributed by atoms with Crippen molar-refractivity contribution in [1.82, 2.24) is 5.32 Å². The second-order valence-corrected chi connectivity index (χ2v) is 10.1. The van der Waals surface area contributed by atoms with Crippen molar-refractivity contribution in [3.05, 3.63) is 58.1 Å². The lowest BCUT2D eigenvalue weighted by Gasteiger charge is -2.28. The van der Waals surface area contributed by atoms with Crippen LogP contribution in [-0.2, 0) is 21.4 Å². The third-order valence-electron chi connectivity index (χ3n) is 5.03. The summed E-state index contributed by atoms with van der Waals surface area (Å²) >= 11 is 11.9. The van der Waals surface area contributed by atoms with E-state index in [-0.39, 0.29) is 17.3 Å². The molecule has 1 fully saturated rings. The summed E-state index contributed by atoms with van der Waals surface area (Å²) in [4.78, 5) is 14.8. The number of carbonyl (C=O) groups excluding carboxylic acids is 1. The van der Waals surface area contributed by atoms with Crippen LogP contribution in [0.4, 0.5) is 11.4 Å². The molecule has 0 aromatic heterocycles. The van der Waals surface area contributed by atoms with Crippen molar-refractivity contribution in [2.75, 3.05) is 35.1 Å². The number of benzene rings is 2. The van der Waals surface area contributed by atoms with Gasteiger partial charge in [-0.3, -0.25) is 9.10 Å². The Labute approximate surface area is 187 Å². The van der Waals surface area contributed by atoms with E-state index >= 15 is 0 Å². The number of nitrogens with zero attached hydrogens (tertiary/aromatic N) is 2. The average Bonchev–Trinajstić information content (AvgIpc) is 2.73. The minimum Gasteiger partial charge on any atom is -0.372 e. The van der Waals surface area contributed by atoms with Gasteiger partial charge in [0.15, 0.2) is 0 Å². The summed E-state index contributed by atoms with van der Waals surface area (Å²) in [5, 5.41) is 3.31. The number of hydrogen-bond donors (Lipinski definition) is 1. The Balaban J connectivity index is 1.61. The van der Waals surface area contributed by atoms with Crippen LogP contribution in [0.3, 0.4) is 0 Å². The average molecular weight is 470 g/mol. The highest BCUT2D eigenvalue weighted by atomic mass is 35.5. The Morgan fingerprint density at radius 2 is 1.70 bits per heavy atom. The smallest absolute Gasteiger partial charge is 0.241 e. The molecule has 1 heterocycles. The van der Waals surface area contributed by atoms with E-state index in [2.05, 4.69) is 22.3 Å². The van der Waals surface area contributed by atoms with E-state index < -0.39 is 15.9 Å². The number of rotatable bonds is 7. The highest BCUT2D eigenvalue weighted by molar-refractivity contribution is 7.92. The SMILES string of the molecule is CS(=O)(=O)N(CC(=O)NCc1ccc(N2CCCCC2)cc1)c1ccc(Cl)c(Cl)c1. The molecule has 0 aliphatic carbocycles. The van der Waals surface area contributed by atoms with Crippen LogP contribution in [0, 0.1) is 0 Å². The van der Waals surface area contributed by atoms with Crippen LogP contribution in [-0.4, -0.2) is 40.2 Å². The van der Waals surface area contributed by atoms with Crippen LogP contribution in [0.5, 0.6) is 0 Å². The third-order valence-corrected chi connectivity index (χ3v) is 6.91. The first-order valence-electron chi connectivity index (χ1n) is 9.77. The molecule has 1 amide bonds. The Hall–Kier alpha value is -1.96. The van der Waals surface area contributed by atoms with Crippen molar-refractivity contribution in [3.8, 4) is 0 Å². The third kappa shape index (κ3) is 6.03. The minimum absolute atomic E-state index is 0.219. The summed E-state index contributed by atoms with van der Waals surface area (Å²) in [7, 11) is -3.68. The Kier molecular flexibility index (Phi) is 7.50. The number of sulfonamides is 1. The molecule has 0 saturated carbocycles. The second-order valence-electron chi connectivity index (χ2n) is 7.36. The molecule has 6 nitrogen and oxygen atoms in total. The van der Waals surface area contributed by atoms with Crippen LogP contribution in [0.25, 0.3) is 0 Å². The highest BCUT2D eigenvalue weighted by Gasteiger charge is 2.21. The van der Waals surface area contributed by atoms with E-state index in [4.69, 9.17) is 23.2 Å². The van der Waals surface area contributed by atoms with Gasteiger partial charge >= 0.3 is 0 Å². The molecule has 0 radical (unpaired) electrons. The van der Waals surface area contributed by atoms with Gasteiger partial charge in [0.05, 0.1) is 22.0 Å². The molecule has 9 heteroatoms. The predicted octanol–water partition coefficient (Wildman–Crippen LogP) is 4.07. The molecule has 1 aliphatic rings. The van der Waals surface area contributed by atoms with Crippen LogP contribution < -0.4 is 14.5 Å². The van der Waals surface area contributed by atoms with Gasteiger partial charge < -0.3 is 10.2 Å². The minimum atomic E-state index is -3.68. The first-order valence-corrected chi connectivity index (χ1v) is 12.4. The molecule has 1 aliphatic heterocycles. The molecular formula is C21H25Cl2N3O3S. The first kappa shape index (κ1) is 22.7. The largest absolute Gasteiger partial charge is 0.372 e. The molecule has 2 aromatic carbocycles. The van der Waals surface area contributed by atoms with Crippen LogP contribution in [0.1, 0.15) is 24.8 Å². The van der Waals surface area contributed by atoms with Crippen molar-refractivity contribution in [3.63, 3.8) is 0 Å². The molecule has 2 aromatic rings. The molecule has 30 heavy (non-hydrogen) atoms. The van der Waals surface area contributed by atoms with Crippen molar-refractivity contribution < 1.29 is 13.2 Å². The molecule has 0 atom stereocenters. The molecule has 0 unspecified atom stereocenters. The number of halogens is 2. The van der Waals surface area contributed by atoms with E-state index in [0.717, 1.165) is 29.2 Å². The lowest BCUT2D eigenvalue weighted by molar-refractivity contribution is -0.119. The Morgan fingerprint density at radius 1 is 1.03 bits per heavy atom. The number of carbonyl (C=O) groups is 1. The van der Waals surface area contributed by atoms with E-state index in [1.165, 1.54) is 43.1 Å². The summed E-state index contributed by atoms with van der Waals surface area (Å²) in [6.07, 6.45) is 4.76. The van der Waals surface area contributed by atoms with Crippen LogP contribution in [0.2, 0.25) is 10.0 Å². The molecule has 0 spiro atoms. The number of hydrogen-bond acceptors (Lipinski definition) is 4. The zero-order valence-electron chi connectivity index (χ0n) is 16.8. The molecular weight excluding hydrogens is 445 g/mol. The van der Waals surface area contributed by atoms with Gasteiger partial charge in [0, 0.05) is 25.3 Å². The van der Waals surface area contributed by atoms with Crippen molar-refractivity contribution in [2.24, 2.45) is 0 Å². The van der Waals surface area contributed by atoms with Crippen molar-refractivity contribution >= 4 is 50.5 Å². The second kappa shape index (κ2) is 9.90. The summed E-state index contributed by atoms with van der Waals surface area (Å²) in [5.74, 6) is -0.411. The lowest BCUT2D eigenvalue weighted by atomic mass is 10.1. The lowest BCUT2D eigenvalue weighted by Crippen LogP contribution is -2.40. The quantitative estimate of drug-likeness (QED) is 0.663. The predicted molar refractivity (Wildman–Crippen MR) is 123 cm³/mol. The standard InChI is InChI=1S/C21H25Cl2N3O3S/c1-30(28,29)26(18-9-10-19(22)20(23)13-18)15-21(27)24-14-16-5-7-17(8-6-16)25-11-3-2-4-12-25/h5-10,13H,2-4,11-12,14-15H2,1H3,(H,24,27). The van der Waals surface area contributed by atoms with Crippen molar-refractivity contribution in [1.29, 1.82) is 0 Å². The van der Waals surface area contributed by atoms with Crippen molar-refractivity contribution in [2.45, 2.75) is 25.8 Å². The molecule has 1 saturated heterocycles. The zero-order chi connectivity index (χ0) is 21.7. The molecule has 1 N–H and O–H groups in total. The molecule has 162 valence electrons. The van der Waals surface area contributed by atoms with Gasteiger partial charge in [-0.15, -0.1) is 0 Å². The maximum atomic E-state index is 12.4. The normalized spacial score (nSPS) is 14.4. The Bertz CT molecular complexity index is 991. The van der Waals surface area contributed by atoms with Gasteiger partial charge in [0.2, 0.25) is 15.9 Å². The molecule has 0 bridgehead atoms. The van der Waals surface area contributed by atoms with Gasteiger partial charge in [-0.2, -0.15) is 0 Å². The van der Waals surface area contributed by atoms with Gasteiger partial charge in [-0.1, -0.05) is 35.3 Å². The zero-order valence-corrected chi connectivity index (χ0v) is 19.1. The summed E-state index contributed by atoms with van der Waals surface area (Å²) in [6, 6.07) is 12.5. The van der Waals surface area contributed by atoms with Gasteiger partial charge in [-0.25, -0.2) is 8.42 Å². The van der Waals surface area contributed by atoms with Gasteiger partial charge in [-0.05, 0) is 55.2 Å². The monoisotopic (exact) mass is 469 g/mol. The fraction of sp³-hybridized carbons (Fsp3) is 0.381. The van der Waals surface area contributed by atoms with E-state index in [1.807, 2.05) is 12.1 Å². The first-order chi connectivity index (χ1) is 14.2. The van der Waals surface area contributed by atoms with Crippen LogP contribution in [0.15, 0.2) is 42.5 Å². The van der Waals surface area contributed by atoms with Gasteiger partial charge in [0.25, 0.3) is 0 Å². The van der Waals surface area contributed by atoms with E-state index in [0.29, 0.717) is 11.6 Å². The highest BCUT2D eigenvalue weighted by Crippen LogP contribution is 2.28. The topological polar surface area (TPSA) is 69.7 Å². The number of anilines is 2. The number of amides is 1. The maximum Gasteiger partial charge on any atom is 0.241 e. The van der Waals surface area contributed by atoms with E-state index in [9.17, 15) is 13.2 Å². The maximum absolute atomic E-state index is 12.4. The summed E-state index contributed by atoms with van der Waals surface area (Å²) in [5.41, 5.74) is 2.42. The fourth-order valence-corrected chi connectivity index (χ4v) is 4.54. The Morgan fingerprint density at radius 3 is 2.30 bits per heavy atom. The summed E-state index contributed by atoms with van der Waals surface area (Å²) in [6.45, 7) is 2.12. The van der Waals surface area contributed by atoms with Gasteiger partial charge in [0.1, 0.15) is 6.54 Å².